The van der Waals surface area contributed by atoms with Crippen LogP contribution in [0.25, 0.3) is 11.3 Å². The lowest BCUT2D eigenvalue weighted by Gasteiger charge is -2.09. The molecule has 2 aromatic carbocycles. The van der Waals surface area contributed by atoms with Gasteiger partial charge in [0.25, 0.3) is 5.91 Å². The molecule has 3 aromatic rings. The number of benzene rings is 2. The smallest absolute Gasteiger partial charge is 0.255 e. The van der Waals surface area contributed by atoms with E-state index in [1.165, 1.54) is 11.1 Å². The SMILES string of the molecule is Cc1ccc(-c2ccc(NC(=O)c3ccccc3C)cn2)c(C)c1. The monoisotopic (exact) mass is 316 g/mol. The molecule has 3 rings (SSSR count). The minimum Gasteiger partial charge on any atom is -0.321 e. The second-order valence-corrected chi connectivity index (χ2v) is 6.02. The van der Waals surface area contributed by atoms with E-state index in [4.69, 9.17) is 0 Å². The summed E-state index contributed by atoms with van der Waals surface area (Å²) in [7, 11) is 0. The Morgan fingerprint density at radius 1 is 0.917 bits per heavy atom. The Hall–Kier alpha value is -2.94. The first-order valence-electron chi connectivity index (χ1n) is 7.95. The molecular weight excluding hydrogens is 296 g/mol. The lowest BCUT2D eigenvalue weighted by molar-refractivity contribution is 0.102. The zero-order valence-electron chi connectivity index (χ0n) is 14.1. The Labute approximate surface area is 142 Å². The maximum absolute atomic E-state index is 12.3. The molecule has 0 unspecified atom stereocenters. The van der Waals surface area contributed by atoms with Gasteiger partial charge in [0.15, 0.2) is 0 Å². The van der Waals surface area contributed by atoms with Gasteiger partial charge in [0.1, 0.15) is 0 Å². The summed E-state index contributed by atoms with van der Waals surface area (Å²) >= 11 is 0. The third kappa shape index (κ3) is 3.35. The Bertz CT molecular complexity index is 883. The maximum Gasteiger partial charge on any atom is 0.255 e. The van der Waals surface area contributed by atoms with Crippen molar-refractivity contribution in [3.63, 3.8) is 0 Å². The van der Waals surface area contributed by atoms with Gasteiger partial charge < -0.3 is 5.32 Å². The summed E-state index contributed by atoms with van der Waals surface area (Å²) in [5.41, 5.74) is 6.76. The van der Waals surface area contributed by atoms with Gasteiger partial charge in [-0.1, -0.05) is 42.0 Å². The van der Waals surface area contributed by atoms with E-state index in [1.807, 2.05) is 43.3 Å². The molecule has 0 saturated carbocycles. The number of amides is 1. The van der Waals surface area contributed by atoms with Crippen molar-refractivity contribution in [2.75, 3.05) is 5.32 Å². The van der Waals surface area contributed by atoms with Crippen LogP contribution in [0.15, 0.2) is 60.8 Å². The van der Waals surface area contributed by atoms with Gasteiger partial charge in [-0.05, 0) is 50.1 Å². The van der Waals surface area contributed by atoms with Crippen molar-refractivity contribution in [3.8, 4) is 11.3 Å². The number of carbonyl (C=O) groups excluding carboxylic acids is 1. The fourth-order valence-corrected chi connectivity index (χ4v) is 2.75. The molecular formula is C21H20N2O. The first-order chi connectivity index (χ1) is 11.5. The molecule has 0 radical (unpaired) electrons. The van der Waals surface area contributed by atoms with Crippen LogP contribution < -0.4 is 5.32 Å². The van der Waals surface area contributed by atoms with Gasteiger partial charge in [-0.25, -0.2) is 0 Å². The standard InChI is InChI=1S/C21H20N2O/c1-14-8-10-18(16(3)12-14)20-11-9-17(13-22-20)23-21(24)19-7-5-4-6-15(19)2/h4-13H,1-3H3,(H,23,24). The molecule has 1 N–H and O–H groups in total. The number of aromatic nitrogens is 1. The molecule has 120 valence electrons. The van der Waals surface area contributed by atoms with E-state index in [0.29, 0.717) is 11.3 Å². The number of pyridine rings is 1. The van der Waals surface area contributed by atoms with Gasteiger partial charge in [-0.15, -0.1) is 0 Å². The number of hydrogen-bond donors (Lipinski definition) is 1. The molecule has 0 atom stereocenters. The molecule has 3 heteroatoms. The van der Waals surface area contributed by atoms with Crippen LogP contribution in [0.3, 0.4) is 0 Å². The minimum absolute atomic E-state index is 0.117. The fourth-order valence-electron chi connectivity index (χ4n) is 2.75. The molecule has 1 aromatic heterocycles. The maximum atomic E-state index is 12.3. The van der Waals surface area contributed by atoms with Crippen LogP contribution >= 0.6 is 0 Å². The topological polar surface area (TPSA) is 42.0 Å². The van der Waals surface area contributed by atoms with Crippen LogP contribution in [0.1, 0.15) is 27.0 Å². The lowest BCUT2D eigenvalue weighted by Crippen LogP contribution is -2.13. The third-order valence-corrected chi connectivity index (χ3v) is 4.07. The summed E-state index contributed by atoms with van der Waals surface area (Å²) in [5, 5.41) is 2.90. The number of hydrogen-bond acceptors (Lipinski definition) is 2. The molecule has 0 fully saturated rings. The highest BCUT2D eigenvalue weighted by molar-refractivity contribution is 6.05. The van der Waals surface area contributed by atoms with E-state index in [-0.39, 0.29) is 5.91 Å². The van der Waals surface area contributed by atoms with Gasteiger partial charge in [0.05, 0.1) is 17.6 Å². The molecule has 3 nitrogen and oxygen atoms in total. The van der Waals surface area contributed by atoms with Crippen LogP contribution in [0, 0.1) is 20.8 Å². The quantitative estimate of drug-likeness (QED) is 0.744. The molecule has 0 bridgehead atoms. The molecule has 0 aliphatic carbocycles. The number of rotatable bonds is 3. The zero-order valence-corrected chi connectivity index (χ0v) is 14.1. The van der Waals surface area contributed by atoms with E-state index in [9.17, 15) is 4.79 Å². The summed E-state index contributed by atoms with van der Waals surface area (Å²) in [6, 6.07) is 17.7. The number of anilines is 1. The van der Waals surface area contributed by atoms with Crippen molar-refractivity contribution in [2.24, 2.45) is 0 Å². The summed E-state index contributed by atoms with van der Waals surface area (Å²) in [6.07, 6.45) is 1.70. The number of aryl methyl sites for hydroxylation is 3. The van der Waals surface area contributed by atoms with Crippen molar-refractivity contribution in [3.05, 3.63) is 83.0 Å². The Morgan fingerprint density at radius 2 is 1.71 bits per heavy atom. The van der Waals surface area contributed by atoms with E-state index < -0.39 is 0 Å². The molecule has 0 aliphatic rings. The normalized spacial score (nSPS) is 10.5. The van der Waals surface area contributed by atoms with Crippen molar-refractivity contribution in [1.29, 1.82) is 0 Å². The van der Waals surface area contributed by atoms with E-state index in [1.54, 1.807) is 6.20 Å². The number of nitrogens with zero attached hydrogens (tertiary/aromatic N) is 1. The molecule has 1 amide bonds. The van der Waals surface area contributed by atoms with Crippen LogP contribution in [0.4, 0.5) is 5.69 Å². The van der Waals surface area contributed by atoms with Crippen molar-refractivity contribution in [1.82, 2.24) is 4.98 Å². The molecule has 24 heavy (non-hydrogen) atoms. The Kier molecular flexibility index (Phi) is 4.43. The van der Waals surface area contributed by atoms with E-state index >= 15 is 0 Å². The summed E-state index contributed by atoms with van der Waals surface area (Å²) in [6.45, 7) is 6.09. The van der Waals surface area contributed by atoms with E-state index in [2.05, 4.69) is 42.3 Å². The highest BCUT2D eigenvalue weighted by Crippen LogP contribution is 2.23. The number of nitrogens with one attached hydrogen (secondary N) is 1. The molecule has 0 aliphatic heterocycles. The average Bonchev–Trinajstić information content (AvgIpc) is 2.56. The lowest BCUT2D eigenvalue weighted by atomic mass is 10.0. The van der Waals surface area contributed by atoms with Crippen LogP contribution in [0.2, 0.25) is 0 Å². The van der Waals surface area contributed by atoms with Crippen LogP contribution in [-0.2, 0) is 0 Å². The molecule has 0 spiro atoms. The van der Waals surface area contributed by atoms with Crippen molar-refractivity contribution < 1.29 is 4.79 Å². The molecule has 1 heterocycles. The summed E-state index contributed by atoms with van der Waals surface area (Å²) in [4.78, 5) is 16.8. The van der Waals surface area contributed by atoms with Crippen LogP contribution in [-0.4, -0.2) is 10.9 Å². The zero-order chi connectivity index (χ0) is 17.1. The first kappa shape index (κ1) is 15.9. The molecule has 0 saturated heterocycles. The van der Waals surface area contributed by atoms with Gasteiger partial charge in [0, 0.05) is 11.1 Å². The minimum atomic E-state index is -0.117. The largest absolute Gasteiger partial charge is 0.321 e. The van der Waals surface area contributed by atoms with Gasteiger partial charge in [-0.2, -0.15) is 0 Å². The third-order valence-electron chi connectivity index (χ3n) is 4.07. The van der Waals surface area contributed by atoms with Crippen molar-refractivity contribution >= 4 is 11.6 Å². The first-order valence-corrected chi connectivity index (χ1v) is 7.95. The van der Waals surface area contributed by atoms with Gasteiger partial charge in [-0.3, -0.25) is 9.78 Å². The van der Waals surface area contributed by atoms with Crippen molar-refractivity contribution in [2.45, 2.75) is 20.8 Å². The second-order valence-electron chi connectivity index (χ2n) is 6.02. The Balaban J connectivity index is 1.80. The highest BCUT2D eigenvalue weighted by atomic mass is 16.1. The van der Waals surface area contributed by atoms with Gasteiger partial charge >= 0.3 is 0 Å². The highest BCUT2D eigenvalue weighted by Gasteiger charge is 2.09. The predicted molar refractivity (Wildman–Crippen MR) is 98.3 cm³/mol. The van der Waals surface area contributed by atoms with Crippen LogP contribution in [0.5, 0.6) is 0 Å². The fraction of sp³-hybridized carbons (Fsp3) is 0.143. The average molecular weight is 316 g/mol. The second kappa shape index (κ2) is 6.67. The predicted octanol–water partition coefficient (Wildman–Crippen LogP) is 4.93. The van der Waals surface area contributed by atoms with Gasteiger partial charge in [0.2, 0.25) is 0 Å². The number of carbonyl (C=O) groups is 1. The Morgan fingerprint density at radius 3 is 2.38 bits per heavy atom. The van der Waals surface area contributed by atoms with E-state index in [0.717, 1.165) is 16.8 Å². The summed E-state index contributed by atoms with van der Waals surface area (Å²) in [5.74, 6) is -0.117. The summed E-state index contributed by atoms with van der Waals surface area (Å²) < 4.78 is 0.